The minimum absolute atomic E-state index is 0.150. The van der Waals surface area contributed by atoms with Gasteiger partial charge in [-0.1, -0.05) is 30.3 Å². The van der Waals surface area contributed by atoms with Gasteiger partial charge in [-0.05, 0) is 72.9 Å². The van der Waals surface area contributed by atoms with Crippen LogP contribution in [0.25, 0.3) is 16.6 Å². The van der Waals surface area contributed by atoms with E-state index < -0.39 is 21.3 Å². The molecule has 1 unspecified atom stereocenters. The number of halogens is 1. The highest BCUT2D eigenvalue weighted by atomic mass is 32.2. The summed E-state index contributed by atoms with van der Waals surface area (Å²) in [5.74, 6) is -0.719. The monoisotopic (exact) mass is 477 g/mol. The molecule has 1 fully saturated rings. The fourth-order valence-electron chi connectivity index (χ4n) is 4.99. The molecule has 5 rings (SSSR count). The maximum absolute atomic E-state index is 13.7. The highest BCUT2D eigenvalue weighted by Crippen LogP contribution is 2.42. The van der Waals surface area contributed by atoms with Gasteiger partial charge in [0.1, 0.15) is 5.82 Å². The van der Waals surface area contributed by atoms with Crippen LogP contribution in [0.2, 0.25) is 0 Å². The summed E-state index contributed by atoms with van der Waals surface area (Å²) in [5, 5.41) is 5.31. The number of hydrogen-bond donors (Lipinski definition) is 0. The average Bonchev–Trinajstić information content (AvgIpc) is 3.35. The van der Waals surface area contributed by atoms with Gasteiger partial charge in [0.05, 0.1) is 29.1 Å². The van der Waals surface area contributed by atoms with Gasteiger partial charge in [0, 0.05) is 11.9 Å². The minimum Gasteiger partial charge on any atom is -0.273 e. The van der Waals surface area contributed by atoms with E-state index >= 15 is 0 Å². The van der Waals surface area contributed by atoms with Gasteiger partial charge < -0.3 is 0 Å². The van der Waals surface area contributed by atoms with Crippen molar-refractivity contribution in [1.82, 2.24) is 14.1 Å². The normalized spacial score (nSPS) is 18.7. The Labute approximate surface area is 197 Å². The number of carbonyl (C=O) groups is 1. The molecular weight excluding hydrogens is 453 g/mol. The third kappa shape index (κ3) is 3.68. The molecular formula is C26H24FN3O3S. The number of rotatable bonds is 5. The standard InChI is InChI=1S/C26H24FN3O3S/c1-18-14-24-20(17-28-30(24)22-10-8-21(27)9-11-22)15-23(18)26(16-19-6-4-3-5-7-19)12-13-29(25(26)31)34(2,32)33/h3-11,14-15,17H,12-13,16H2,1-2H3. The molecule has 0 radical (unpaired) electrons. The number of amides is 1. The first-order chi connectivity index (χ1) is 16.2. The van der Waals surface area contributed by atoms with Crippen molar-refractivity contribution in [2.24, 2.45) is 0 Å². The predicted molar refractivity (Wildman–Crippen MR) is 129 cm³/mol. The number of fused-ring (bicyclic) bond motifs is 1. The smallest absolute Gasteiger partial charge is 0.247 e. The van der Waals surface area contributed by atoms with Crippen LogP contribution < -0.4 is 0 Å². The van der Waals surface area contributed by atoms with E-state index in [4.69, 9.17) is 0 Å². The van der Waals surface area contributed by atoms with Crippen LogP contribution in [0, 0.1) is 12.7 Å². The Balaban J connectivity index is 1.66. The first-order valence-corrected chi connectivity index (χ1v) is 12.8. The second kappa shape index (κ2) is 8.06. The van der Waals surface area contributed by atoms with Crippen molar-refractivity contribution in [1.29, 1.82) is 0 Å². The summed E-state index contributed by atoms with van der Waals surface area (Å²) in [5.41, 5.74) is 3.19. The molecule has 1 saturated heterocycles. The van der Waals surface area contributed by atoms with E-state index in [2.05, 4.69) is 5.10 Å². The average molecular weight is 478 g/mol. The van der Waals surface area contributed by atoms with Crippen molar-refractivity contribution in [2.45, 2.75) is 25.2 Å². The molecule has 0 bridgehead atoms. The lowest BCUT2D eigenvalue weighted by Crippen LogP contribution is -2.42. The van der Waals surface area contributed by atoms with Gasteiger partial charge in [-0.2, -0.15) is 5.10 Å². The Kier molecular flexibility index (Phi) is 5.28. The lowest BCUT2D eigenvalue weighted by molar-refractivity contribution is -0.128. The van der Waals surface area contributed by atoms with E-state index in [1.165, 1.54) is 12.1 Å². The Hall–Kier alpha value is -3.52. The number of sulfonamides is 1. The van der Waals surface area contributed by atoms with Crippen LogP contribution >= 0.6 is 0 Å². The van der Waals surface area contributed by atoms with Gasteiger partial charge in [-0.25, -0.2) is 21.8 Å². The molecule has 1 aliphatic rings. The molecule has 0 N–H and O–H groups in total. The maximum atomic E-state index is 13.7. The molecule has 34 heavy (non-hydrogen) atoms. The zero-order chi connectivity index (χ0) is 24.1. The fourth-order valence-corrected chi connectivity index (χ4v) is 5.89. The van der Waals surface area contributed by atoms with Crippen molar-refractivity contribution in [3.05, 3.63) is 95.4 Å². The largest absolute Gasteiger partial charge is 0.273 e. The SMILES string of the molecule is Cc1cc2c(cnn2-c2ccc(F)cc2)cc1C1(Cc2ccccc2)CCN(S(C)(=O)=O)C1=O. The van der Waals surface area contributed by atoms with Crippen LogP contribution in [0.1, 0.15) is 23.1 Å². The number of carbonyl (C=O) groups excluding carboxylic acids is 1. The minimum atomic E-state index is -3.68. The van der Waals surface area contributed by atoms with Crippen LogP contribution in [0.15, 0.2) is 72.9 Å². The molecule has 174 valence electrons. The lowest BCUT2D eigenvalue weighted by atomic mass is 9.72. The van der Waals surface area contributed by atoms with Crippen molar-refractivity contribution in [3.63, 3.8) is 0 Å². The second-order valence-electron chi connectivity index (χ2n) is 8.89. The topological polar surface area (TPSA) is 72.3 Å². The summed E-state index contributed by atoms with van der Waals surface area (Å²) in [6, 6.07) is 19.7. The van der Waals surface area contributed by atoms with E-state index in [1.807, 2.05) is 49.4 Å². The number of aromatic nitrogens is 2. The molecule has 0 aliphatic carbocycles. The first kappa shape index (κ1) is 22.3. The van der Waals surface area contributed by atoms with Gasteiger partial charge in [0.15, 0.2) is 0 Å². The lowest BCUT2D eigenvalue weighted by Gasteiger charge is -2.30. The highest BCUT2D eigenvalue weighted by molar-refractivity contribution is 7.88. The van der Waals surface area contributed by atoms with Gasteiger partial charge in [0.25, 0.3) is 0 Å². The molecule has 6 nitrogen and oxygen atoms in total. The number of nitrogens with zero attached hydrogens (tertiary/aromatic N) is 3. The summed E-state index contributed by atoms with van der Waals surface area (Å²) in [6.07, 6.45) is 3.58. The molecule has 2 heterocycles. The molecule has 1 atom stereocenters. The molecule has 4 aromatic rings. The summed E-state index contributed by atoms with van der Waals surface area (Å²) in [6.45, 7) is 2.08. The van der Waals surface area contributed by atoms with Gasteiger partial charge in [-0.15, -0.1) is 0 Å². The quantitative estimate of drug-likeness (QED) is 0.433. The Bertz CT molecular complexity index is 1500. The third-order valence-corrected chi connectivity index (χ3v) is 7.78. The van der Waals surface area contributed by atoms with Crippen LogP contribution in [0.3, 0.4) is 0 Å². The zero-order valence-electron chi connectivity index (χ0n) is 18.9. The van der Waals surface area contributed by atoms with Crippen molar-refractivity contribution >= 4 is 26.8 Å². The van der Waals surface area contributed by atoms with E-state index in [-0.39, 0.29) is 12.4 Å². The third-order valence-electron chi connectivity index (χ3n) is 6.63. The predicted octanol–water partition coefficient (Wildman–Crippen LogP) is 4.15. The number of aryl methyl sites for hydroxylation is 1. The molecule has 8 heteroatoms. The Morgan fingerprint density at radius 3 is 2.41 bits per heavy atom. The zero-order valence-corrected chi connectivity index (χ0v) is 19.7. The van der Waals surface area contributed by atoms with Crippen LogP contribution in [0.5, 0.6) is 0 Å². The van der Waals surface area contributed by atoms with E-state index in [0.29, 0.717) is 12.8 Å². The molecule has 1 aromatic heterocycles. The van der Waals surface area contributed by atoms with E-state index in [1.54, 1.807) is 23.0 Å². The van der Waals surface area contributed by atoms with Gasteiger partial charge in [0.2, 0.25) is 15.9 Å². The van der Waals surface area contributed by atoms with Gasteiger partial charge >= 0.3 is 0 Å². The Morgan fingerprint density at radius 2 is 1.76 bits per heavy atom. The van der Waals surface area contributed by atoms with Crippen LogP contribution in [-0.2, 0) is 26.7 Å². The highest BCUT2D eigenvalue weighted by Gasteiger charge is 2.51. The first-order valence-electron chi connectivity index (χ1n) is 11.0. The van der Waals surface area contributed by atoms with Crippen molar-refractivity contribution < 1.29 is 17.6 Å². The molecule has 1 aliphatic heterocycles. The van der Waals surface area contributed by atoms with Crippen LogP contribution in [-0.4, -0.2) is 41.2 Å². The summed E-state index contributed by atoms with van der Waals surface area (Å²) >= 11 is 0. The maximum Gasteiger partial charge on any atom is 0.247 e. The molecule has 0 spiro atoms. The fraction of sp³-hybridized carbons (Fsp3) is 0.231. The van der Waals surface area contributed by atoms with E-state index in [0.717, 1.165) is 43.8 Å². The summed E-state index contributed by atoms with van der Waals surface area (Å²) in [4.78, 5) is 13.7. The molecule has 0 saturated carbocycles. The Morgan fingerprint density at radius 1 is 1.06 bits per heavy atom. The molecule has 1 amide bonds. The van der Waals surface area contributed by atoms with Crippen molar-refractivity contribution in [3.8, 4) is 5.69 Å². The number of hydrogen-bond acceptors (Lipinski definition) is 4. The second-order valence-corrected chi connectivity index (χ2v) is 10.8. The summed E-state index contributed by atoms with van der Waals surface area (Å²) < 4.78 is 40.9. The molecule has 3 aromatic carbocycles. The van der Waals surface area contributed by atoms with E-state index in [9.17, 15) is 17.6 Å². The summed E-state index contributed by atoms with van der Waals surface area (Å²) in [7, 11) is -3.68. The van der Waals surface area contributed by atoms with Gasteiger partial charge in [-0.3, -0.25) is 4.79 Å². The number of benzene rings is 3. The van der Waals surface area contributed by atoms with Crippen LogP contribution in [0.4, 0.5) is 4.39 Å². The van der Waals surface area contributed by atoms with Crippen molar-refractivity contribution in [2.75, 3.05) is 12.8 Å².